The van der Waals surface area contributed by atoms with E-state index in [9.17, 15) is 0 Å². The summed E-state index contributed by atoms with van der Waals surface area (Å²) in [7, 11) is 1.89. The zero-order valence-electron chi connectivity index (χ0n) is 11.8. The molecule has 5 heteroatoms. The molecule has 1 N–H and O–H groups in total. The zero-order valence-corrected chi connectivity index (χ0v) is 12.6. The molecule has 0 saturated heterocycles. The largest absolute Gasteiger partial charge is 0.374 e. The summed E-state index contributed by atoms with van der Waals surface area (Å²) < 4.78 is 5.40. The topological polar surface area (TPSA) is 47.0 Å². The average molecular weight is 281 g/mol. The van der Waals surface area contributed by atoms with Gasteiger partial charge in [-0.25, -0.2) is 9.97 Å². The van der Waals surface area contributed by atoms with Crippen molar-refractivity contribution in [2.75, 3.05) is 19.0 Å². The van der Waals surface area contributed by atoms with Crippen LogP contribution < -0.4 is 5.32 Å². The Morgan fingerprint density at radius 1 is 1.32 bits per heavy atom. The number of nitrogens with zero attached hydrogens (tertiary/aromatic N) is 2. The van der Waals surface area contributed by atoms with Gasteiger partial charge in [-0.3, -0.25) is 0 Å². The zero-order chi connectivity index (χ0) is 13.5. The fourth-order valence-corrected chi connectivity index (χ4v) is 3.52. The van der Waals surface area contributed by atoms with Crippen LogP contribution in [-0.4, -0.2) is 28.9 Å². The minimum atomic E-state index is 0.490. The molecule has 19 heavy (non-hydrogen) atoms. The van der Waals surface area contributed by atoms with Gasteiger partial charge in [0.2, 0.25) is 0 Å². The molecule has 0 atom stereocenters. The lowest BCUT2D eigenvalue weighted by Gasteiger charge is -2.20. The predicted molar refractivity (Wildman–Crippen MR) is 79.6 cm³/mol. The van der Waals surface area contributed by atoms with Crippen LogP contribution in [0.3, 0.4) is 0 Å². The highest BCUT2D eigenvalue weighted by Gasteiger charge is 2.16. The average Bonchev–Trinajstić information content (AvgIpc) is 2.46. The van der Waals surface area contributed by atoms with Gasteiger partial charge < -0.3 is 10.1 Å². The molecule has 0 radical (unpaired) electrons. The minimum absolute atomic E-state index is 0.490. The van der Waals surface area contributed by atoms with E-state index in [1.54, 1.807) is 0 Å². The minimum Gasteiger partial charge on any atom is -0.374 e. The highest BCUT2D eigenvalue weighted by Crippen LogP contribution is 2.33. The van der Waals surface area contributed by atoms with E-state index < -0.39 is 0 Å². The first-order chi connectivity index (χ1) is 9.31. The second kappa shape index (κ2) is 7.70. The van der Waals surface area contributed by atoms with Crippen LogP contribution in [0.15, 0.2) is 11.1 Å². The first-order valence-corrected chi connectivity index (χ1v) is 8.00. The molecular formula is C14H23N3OS. The van der Waals surface area contributed by atoms with E-state index in [0.29, 0.717) is 18.5 Å². The second-order valence-electron chi connectivity index (χ2n) is 4.77. The quantitative estimate of drug-likeness (QED) is 0.809. The molecule has 0 bridgehead atoms. The summed E-state index contributed by atoms with van der Waals surface area (Å²) in [5.74, 6) is 1.65. The Morgan fingerprint density at radius 3 is 2.79 bits per heavy atom. The maximum Gasteiger partial charge on any atom is 0.157 e. The van der Waals surface area contributed by atoms with Crippen molar-refractivity contribution in [3.8, 4) is 0 Å². The lowest BCUT2D eigenvalue weighted by Crippen LogP contribution is -2.09. The lowest BCUT2D eigenvalue weighted by atomic mass is 10.0. The van der Waals surface area contributed by atoms with Gasteiger partial charge in [0.25, 0.3) is 0 Å². The van der Waals surface area contributed by atoms with Crippen LogP contribution in [-0.2, 0) is 11.3 Å². The lowest BCUT2D eigenvalue weighted by molar-refractivity contribution is 0.128. The van der Waals surface area contributed by atoms with E-state index >= 15 is 0 Å². The summed E-state index contributed by atoms with van der Waals surface area (Å²) in [5.41, 5.74) is 0. The molecule has 0 aromatic carbocycles. The van der Waals surface area contributed by atoms with Crippen LogP contribution in [0.1, 0.15) is 44.9 Å². The van der Waals surface area contributed by atoms with Crippen molar-refractivity contribution < 1.29 is 4.74 Å². The van der Waals surface area contributed by atoms with Crippen LogP contribution in [0.25, 0.3) is 0 Å². The molecular weight excluding hydrogens is 258 g/mol. The molecule has 1 fully saturated rings. The maximum atomic E-state index is 5.40. The Morgan fingerprint density at radius 2 is 2.11 bits per heavy atom. The molecule has 1 aliphatic carbocycles. The first kappa shape index (κ1) is 14.6. The van der Waals surface area contributed by atoms with E-state index in [4.69, 9.17) is 4.74 Å². The second-order valence-corrected chi connectivity index (χ2v) is 6.09. The Hall–Kier alpha value is -0.810. The van der Waals surface area contributed by atoms with Crippen LogP contribution in [0.5, 0.6) is 0 Å². The van der Waals surface area contributed by atoms with Gasteiger partial charge in [-0.2, -0.15) is 0 Å². The molecule has 0 amide bonds. The number of ether oxygens (including phenoxy) is 1. The SMILES string of the molecule is CCOCc1nc(NC)cc(SC2CCCCC2)n1. The smallest absolute Gasteiger partial charge is 0.157 e. The highest BCUT2D eigenvalue weighted by atomic mass is 32.2. The molecule has 1 heterocycles. The standard InChI is InChI=1S/C14H23N3OS/c1-3-18-10-13-16-12(15-2)9-14(17-13)19-11-7-5-4-6-8-11/h9,11H,3-8,10H2,1-2H3,(H,15,16,17). The van der Waals surface area contributed by atoms with Gasteiger partial charge in [0.1, 0.15) is 17.5 Å². The summed E-state index contributed by atoms with van der Waals surface area (Å²) in [5, 5.41) is 4.89. The van der Waals surface area contributed by atoms with E-state index in [2.05, 4.69) is 15.3 Å². The van der Waals surface area contributed by atoms with Crippen molar-refractivity contribution >= 4 is 17.6 Å². The Balaban J connectivity index is 2.04. The summed E-state index contributed by atoms with van der Waals surface area (Å²) in [6.07, 6.45) is 6.72. The van der Waals surface area contributed by atoms with Gasteiger partial charge in [-0.15, -0.1) is 11.8 Å². The van der Waals surface area contributed by atoms with Gasteiger partial charge in [-0.05, 0) is 19.8 Å². The number of hydrogen-bond acceptors (Lipinski definition) is 5. The van der Waals surface area contributed by atoms with Crippen molar-refractivity contribution in [2.24, 2.45) is 0 Å². The van der Waals surface area contributed by atoms with Gasteiger partial charge in [-0.1, -0.05) is 19.3 Å². The normalized spacial score (nSPS) is 16.5. The molecule has 0 unspecified atom stereocenters. The Labute approximate surface area is 119 Å². The number of thioether (sulfide) groups is 1. The van der Waals surface area contributed by atoms with Crippen LogP contribution in [0.2, 0.25) is 0 Å². The van der Waals surface area contributed by atoms with Gasteiger partial charge in [0.15, 0.2) is 5.82 Å². The van der Waals surface area contributed by atoms with E-state index in [1.165, 1.54) is 32.1 Å². The van der Waals surface area contributed by atoms with Gasteiger partial charge in [0.05, 0.1) is 0 Å². The summed E-state index contributed by atoms with van der Waals surface area (Å²) in [6, 6.07) is 2.04. The fraction of sp³-hybridized carbons (Fsp3) is 0.714. The number of anilines is 1. The summed E-state index contributed by atoms with van der Waals surface area (Å²) in [6.45, 7) is 3.17. The summed E-state index contributed by atoms with van der Waals surface area (Å²) >= 11 is 1.90. The van der Waals surface area contributed by atoms with Crippen molar-refractivity contribution in [3.63, 3.8) is 0 Å². The molecule has 0 spiro atoms. The van der Waals surface area contributed by atoms with Crippen molar-refractivity contribution in [1.29, 1.82) is 0 Å². The van der Waals surface area contributed by atoms with Crippen LogP contribution in [0, 0.1) is 0 Å². The Kier molecular flexibility index (Phi) is 5.92. The third-order valence-electron chi connectivity index (χ3n) is 3.28. The van der Waals surface area contributed by atoms with Crippen LogP contribution >= 0.6 is 11.8 Å². The van der Waals surface area contributed by atoms with E-state index in [1.807, 2.05) is 31.8 Å². The molecule has 4 nitrogen and oxygen atoms in total. The number of rotatable bonds is 6. The molecule has 1 aromatic rings. The van der Waals surface area contributed by atoms with Gasteiger partial charge in [0, 0.05) is 25.0 Å². The molecule has 0 aliphatic heterocycles. The van der Waals surface area contributed by atoms with Gasteiger partial charge >= 0.3 is 0 Å². The highest BCUT2D eigenvalue weighted by molar-refractivity contribution is 7.99. The molecule has 1 saturated carbocycles. The summed E-state index contributed by atoms with van der Waals surface area (Å²) in [4.78, 5) is 9.02. The van der Waals surface area contributed by atoms with Crippen molar-refractivity contribution in [2.45, 2.75) is 55.9 Å². The number of nitrogens with one attached hydrogen (secondary N) is 1. The molecule has 2 rings (SSSR count). The number of hydrogen-bond donors (Lipinski definition) is 1. The third kappa shape index (κ3) is 4.66. The third-order valence-corrected chi connectivity index (χ3v) is 4.54. The van der Waals surface area contributed by atoms with Crippen molar-refractivity contribution in [1.82, 2.24) is 9.97 Å². The van der Waals surface area contributed by atoms with E-state index in [-0.39, 0.29) is 0 Å². The maximum absolute atomic E-state index is 5.40. The van der Waals surface area contributed by atoms with E-state index in [0.717, 1.165) is 16.7 Å². The van der Waals surface area contributed by atoms with Crippen molar-refractivity contribution in [3.05, 3.63) is 11.9 Å². The van der Waals surface area contributed by atoms with Crippen LogP contribution in [0.4, 0.5) is 5.82 Å². The predicted octanol–water partition coefficient (Wildman–Crippen LogP) is 3.48. The number of aromatic nitrogens is 2. The fourth-order valence-electron chi connectivity index (χ4n) is 2.27. The molecule has 1 aromatic heterocycles. The first-order valence-electron chi connectivity index (χ1n) is 7.12. The monoisotopic (exact) mass is 281 g/mol. The molecule has 1 aliphatic rings. The Bertz CT molecular complexity index is 394. The molecule has 106 valence electrons.